The number of Topliss-reactive ketones (excluding diaryl/α,β-unsaturated/α-hetero) is 1. The van der Waals surface area contributed by atoms with Gasteiger partial charge in [0.15, 0.2) is 0 Å². The van der Waals surface area contributed by atoms with Gasteiger partial charge in [0.2, 0.25) is 0 Å². The summed E-state index contributed by atoms with van der Waals surface area (Å²) in [6.45, 7) is 7.64. The smallest absolute Gasteiger partial charge is 0.141 e. The standard InChI is InChI=1S/C10H16O/c1-6-7-8(2)9(11)10(3,4)5/h1,8H,7H2,2-5H3. The molecule has 0 bridgehead atoms. The molecular formula is C10H16O. The summed E-state index contributed by atoms with van der Waals surface area (Å²) in [5.41, 5.74) is -0.254. The molecule has 0 saturated carbocycles. The van der Waals surface area contributed by atoms with Crippen molar-refractivity contribution >= 4 is 5.78 Å². The molecule has 0 N–H and O–H groups in total. The molecule has 0 rings (SSSR count). The molecule has 0 aromatic heterocycles. The molecule has 0 amide bonds. The molecule has 0 spiro atoms. The first kappa shape index (κ1) is 10.2. The summed E-state index contributed by atoms with van der Waals surface area (Å²) in [4.78, 5) is 11.5. The molecule has 0 aliphatic rings. The third-order valence-corrected chi connectivity index (χ3v) is 1.61. The Bertz CT molecular complexity index is 178. The molecule has 0 aliphatic carbocycles. The number of terminal acetylenes is 1. The maximum atomic E-state index is 11.5. The summed E-state index contributed by atoms with van der Waals surface area (Å²) in [5.74, 6) is 2.75. The second kappa shape index (κ2) is 3.57. The Morgan fingerprint density at radius 3 is 2.27 bits per heavy atom. The average Bonchev–Trinajstić information content (AvgIpc) is 1.85. The highest BCUT2D eigenvalue weighted by Gasteiger charge is 2.25. The summed E-state index contributed by atoms with van der Waals surface area (Å²) in [5, 5.41) is 0. The van der Waals surface area contributed by atoms with E-state index >= 15 is 0 Å². The second-order valence-corrected chi connectivity index (χ2v) is 3.92. The van der Waals surface area contributed by atoms with Gasteiger partial charge >= 0.3 is 0 Å². The molecule has 11 heavy (non-hydrogen) atoms. The van der Waals surface area contributed by atoms with Crippen LogP contribution in [-0.2, 0) is 4.79 Å². The van der Waals surface area contributed by atoms with Crippen LogP contribution in [0.4, 0.5) is 0 Å². The van der Waals surface area contributed by atoms with Crippen LogP contribution in [0.15, 0.2) is 0 Å². The van der Waals surface area contributed by atoms with Gasteiger partial charge < -0.3 is 0 Å². The largest absolute Gasteiger partial charge is 0.299 e. The quantitative estimate of drug-likeness (QED) is 0.555. The van der Waals surface area contributed by atoms with Crippen molar-refractivity contribution in [3.63, 3.8) is 0 Å². The molecule has 0 heterocycles. The molecule has 1 heteroatoms. The topological polar surface area (TPSA) is 17.1 Å². The third kappa shape index (κ3) is 3.23. The van der Waals surface area contributed by atoms with Crippen LogP contribution in [-0.4, -0.2) is 5.78 Å². The van der Waals surface area contributed by atoms with E-state index in [1.807, 2.05) is 27.7 Å². The van der Waals surface area contributed by atoms with Gasteiger partial charge in [-0.1, -0.05) is 27.7 Å². The first-order chi connectivity index (χ1) is 4.89. The van der Waals surface area contributed by atoms with Gasteiger partial charge in [0.25, 0.3) is 0 Å². The SMILES string of the molecule is C#CCC(C)C(=O)C(C)(C)C. The normalized spacial score (nSPS) is 13.7. The summed E-state index contributed by atoms with van der Waals surface area (Å²) < 4.78 is 0. The van der Waals surface area contributed by atoms with Crippen molar-refractivity contribution in [3.8, 4) is 12.3 Å². The minimum atomic E-state index is -0.254. The number of carbonyl (C=O) groups is 1. The molecule has 0 aromatic carbocycles. The lowest BCUT2D eigenvalue weighted by Gasteiger charge is -2.20. The fourth-order valence-corrected chi connectivity index (χ4v) is 1.01. The summed E-state index contributed by atoms with van der Waals surface area (Å²) in [7, 11) is 0. The van der Waals surface area contributed by atoms with Crippen LogP contribution in [0.25, 0.3) is 0 Å². The molecule has 0 fully saturated rings. The molecule has 0 radical (unpaired) electrons. The van der Waals surface area contributed by atoms with Crippen LogP contribution in [0.5, 0.6) is 0 Å². The fraction of sp³-hybridized carbons (Fsp3) is 0.700. The van der Waals surface area contributed by atoms with Gasteiger partial charge in [-0.3, -0.25) is 4.79 Å². The van der Waals surface area contributed by atoms with Gasteiger partial charge in [-0.2, -0.15) is 0 Å². The Morgan fingerprint density at radius 1 is 1.55 bits per heavy atom. The number of rotatable bonds is 2. The van der Waals surface area contributed by atoms with Crippen LogP contribution < -0.4 is 0 Å². The van der Waals surface area contributed by atoms with Gasteiger partial charge in [0.05, 0.1) is 0 Å². The molecular weight excluding hydrogens is 136 g/mol. The Morgan fingerprint density at radius 2 is 2.00 bits per heavy atom. The second-order valence-electron chi connectivity index (χ2n) is 3.92. The lowest BCUT2D eigenvalue weighted by Crippen LogP contribution is -2.26. The van der Waals surface area contributed by atoms with Crippen molar-refractivity contribution < 1.29 is 4.79 Å². The van der Waals surface area contributed by atoms with Crippen molar-refractivity contribution in [2.45, 2.75) is 34.1 Å². The lowest BCUT2D eigenvalue weighted by molar-refractivity contribution is -0.129. The van der Waals surface area contributed by atoms with E-state index in [4.69, 9.17) is 6.42 Å². The van der Waals surface area contributed by atoms with E-state index < -0.39 is 0 Å². The van der Waals surface area contributed by atoms with Gasteiger partial charge in [-0.05, 0) is 0 Å². The molecule has 1 atom stereocenters. The Balaban J connectivity index is 4.17. The first-order valence-corrected chi connectivity index (χ1v) is 3.87. The average molecular weight is 152 g/mol. The molecule has 0 aliphatic heterocycles. The van der Waals surface area contributed by atoms with Gasteiger partial charge in [0.1, 0.15) is 5.78 Å². The first-order valence-electron chi connectivity index (χ1n) is 3.87. The number of carbonyl (C=O) groups excluding carboxylic acids is 1. The minimum Gasteiger partial charge on any atom is -0.299 e. The van der Waals surface area contributed by atoms with E-state index in [1.165, 1.54) is 0 Å². The van der Waals surface area contributed by atoms with Crippen molar-refractivity contribution in [3.05, 3.63) is 0 Å². The zero-order chi connectivity index (χ0) is 9.07. The number of ketones is 1. The summed E-state index contributed by atoms with van der Waals surface area (Å²) in [6.07, 6.45) is 5.66. The van der Waals surface area contributed by atoms with E-state index in [-0.39, 0.29) is 17.1 Å². The van der Waals surface area contributed by atoms with Crippen LogP contribution in [0.2, 0.25) is 0 Å². The Hall–Kier alpha value is -0.770. The predicted octanol–water partition coefficient (Wildman–Crippen LogP) is 2.26. The maximum absolute atomic E-state index is 11.5. The van der Waals surface area contributed by atoms with Crippen molar-refractivity contribution in [1.29, 1.82) is 0 Å². The van der Waals surface area contributed by atoms with Crippen LogP contribution in [0.1, 0.15) is 34.1 Å². The summed E-state index contributed by atoms with van der Waals surface area (Å²) >= 11 is 0. The molecule has 1 unspecified atom stereocenters. The van der Waals surface area contributed by atoms with Gasteiger partial charge in [0, 0.05) is 17.8 Å². The molecule has 0 saturated heterocycles. The van der Waals surface area contributed by atoms with Crippen LogP contribution in [0.3, 0.4) is 0 Å². The predicted molar refractivity (Wildman–Crippen MR) is 47.1 cm³/mol. The lowest BCUT2D eigenvalue weighted by atomic mass is 9.83. The Kier molecular flexibility index (Phi) is 3.32. The van der Waals surface area contributed by atoms with E-state index in [0.29, 0.717) is 6.42 Å². The highest BCUT2D eigenvalue weighted by atomic mass is 16.1. The fourth-order valence-electron chi connectivity index (χ4n) is 1.01. The third-order valence-electron chi connectivity index (χ3n) is 1.61. The zero-order valence-electron chi connectivity index (χ0n) is 7.77. The van der Waals surface area contributed by atoms with Crippen molar-refractivity contribution in [1.82, 2.24) is 0 Å². The highest BCUT2D eigenvalue weighted by molar-refractivity contribution is 5.85. The van der Waals surface area contributed by atoms with E-state index in [1.54, 1.807) is 0 Å². The zero-order valence-corrected chi connectivity index (χ0v) is 7.77. The molecule has 62 valence electrons. The van der Waals surface area contributed by atoms with Crippen LogP contribution >= 0.6 is 0 Å². The van der Waals surface area contributed by atoms with Crippen molar-refractivity contribution in [2.24, 2.45) is 11.3 Å². The minimum absolute atomic E-state index is 0.000000000000000444. The summed E-state index contributed by atoms with van der Waals surface area (Å²) in [6, 6.07) is 0. The molecule has 1 nitrogen and oxygen atoms in total. The monoisotopic (exact) mass is 152 g/mol. The van der Waals surface area contributed by atoms with E-state index in [0.717, 1.165) is 0 Å². The highest BCUT2D eigenvalue weighted by Crippen LogP contribution is 2.21. The van der Waals surface area contributed by atoms with Crippen LogP contribution in [0, 0.1) is 23.7 Å². The number of hydrogen-bond donors (Lipinski definition) is 0. The van der Waals surface area contributed by atoms with Crippen molar-refractivity contribution in [2.75, 3.05) is 0 Å². The van der Waals surface area contributed by atoms with Gasteiger partial charge in [-0.15, -0.1) is 12.3 Å². The van der Waals surface area contributed by atoms with E-state index in [9.17, 15) is 4.79 Å². The van der Waals surface area contributed by atoms with Gasteiger partial charge in [-0.25, -0.2) is 0 Å². The Labute approximate surface area is 69.2 Å². The maximum Gasteiger partial charge on any atom is 0.141 e. The number of hydrogen-bond acceptors (Lipinski definition) is 1. The molecule has 0 aromatic rings. The van der Waals surface area contributed by atoms with E-state index in [2.05, 4.69) is 5.92 Å².